The van der Waals surface area contributed by atoms with Crippen LogP contribution >= 0.6 is 0 Å². The molecule has 0 spiro atoms. The van der Waals surface area contributed by atoms with E-state index in [1.54, 1.807) is 0 Å². The molecule has 4 nitrogen and oxygen atoms in total. The van der Waals surface area contributed by atoms with Crippen molar-refractivity contribution in [1.82, 2.24) is 18.7 Å². The van der Waals surface area contributed by atoms with Crippen LogP contribution in [0.4, 0.5) is 0 Å². The molecule has 0 amide bonds. The van der Waals surface area contributed by atoms with Crippen LogP contribution in [0.3, 0.4) is 0 Å². The molecule has 3 heterocycles. The van der Waals surface area contributed by atoms with E-state index < -0.39 is 0 Å². The van der Waals surface area contributed by atoms with Crippen molar-refractivity contribution in [2.45, 2.75) is 39.0 Å². The first-order valence-corrected chi connectivity index (χ1v) is 14.2. The summed E-state index contributed by atoms with van der Waals surface area (Å²) >= 11 is 0. The van der Waals surface area contributed by atoms with E-state index in [2.05, 4.69) is 158 Å². The van der Waals surface area contributed by atoms with Gasteiger partial charge in [0.15, 0.2) is 17.4 Å². The van der Waals surface area contributed by atoms with E-state index in [4.69, 9.17) is 4.98 Å². The number of benzene rings is 4. The number of aryl methyl sites for hydroxylation is 1. The second-order valence-corrected chi connectivity index (χ2v) is 11.7. The molecule has 5 heteroatoms. The van der Waals surface area contributed by atoms with Gasteiger partial charge in [-0.15, -0.1) is 23.1 Å². The van der Waals surface area contributed by atoms with Gasteiger partial charge in [-0.05, 0) is 52.6 Å². The molecule has 0 saturated carbocycles. The van der Waals surface area contributed by atoms with Crippen molar-refractivity contribution in [3.63, 3.8) is 0 Å². The van der Waals surface area contributed by atoms with Gasteiger partial charge < -0.3 is 4.57 Å². The zero-order valence-corrected chi connectivity index (χ0v) is 26.8. The van der Waals surface area contributed by atoms with Crippen LogP contribution in [0.15, 0.2) is 104 Å². The molecular weight excluding hydrogens is 696 g/mol. The molecule has 0 N–H and O–H groups in total. The number of pyridine rings is 1. The first kappa shape index (κ1) is 28.1. The van der Waals surface area contributed by atoms with Gasteiger partial charge in [-0.3, -0.25) is 0 Å². The summed E-state index contributed by atoms with van der Waals surface area (Å²) in [6, 6.07) is 39.9. The van der Waals surface area contributed by atoms with Crippen LogP contribution in [-0.4, -0.2) is 18.7 Å². The Labute approximate surface area is 261 Å². The summed E-state index contributed by atoms with van der Waals surface area (Å²) in [6.07, 6.45) is 4.05. The Morgan fingerprint density at radius 3 is 2.26 bits per heavy atom. The smallest absolute Gasteiger partial charge is 0.188 e. The summed E-state index contributed by atoms with van der Waals surface area (Å²) in [5.41, 5.74) is 8.74. The van der Waals surface area contributed by atoms with Crippen molar-refractivity contribution in [3.05, 3.63) is 132 Å². The maximum atomic E-state index is 4.82. The van der Waals surface area contributed by atoms with Gasteiger partial charge in [0.05, 0.1) is 0 Å². The van der Waals surface area contributed by atoms with Crippen LogP contribution in [0.5, 0.6) is 0 Å². The monoisotopic (exact) mass is 728 g/mol. The molecule has 0 unspecified atom stereocenters. The Balaban J connectivity index is 0.00000316. The molecule has 0 atom stereocenters. The summed E-state index contributed by atoms with van der Waals surface area (Å²) in [7, 11) is 2.08. The normalized spacial score (nSPS) is 12.0. The molecule has 7 aromatic rings. The Kier molecular flexibility index (Phi) is 7.15. The Hall–Kier alpha value is -4.01. The molecular formula is C37H33N4Pt-. The second kappa shape index (κ2) is 10.7. The topological polar surface area (TPSA) is 27.7 Å². The fourth-order valence-corrected chi connectivity index (χ4v) is 5.97. The first-order valence-electron chi connectivity index (χ1n) is 14.2. The minimum absolute atomic E-state index is 0. The van der Waals surface area contributed by atoms with Gasteiger partial charge in [0, 0.05) is 57.6 Å². The van der Waals surface area contributed by atoms with Gasteiger partial charge >= 0.3 is 0 Å². The SMILES string of the molecule is CC(C)c1ccnc(-n2c3[c-]c(C(C)(C)c4[c-]c(-n5[cH+]n(C)c6ccccc65)ccc4)ccc3c3ccccc32)c1.[Pt]. The van der Waals surface area contributed by atoms with E-state index in [9.17, 15) is 0 Å². The Morgan fingerprint density at radius 1 is 0.762 bits per heavy atom. The van der Waals surface area contributed by atoms with E-state index in [1.165, 1.54) is 21.9 Å². The summed E-state index contributed by atoms with van der Waals surface area (Å²) in [5.74, 6) is 1.35. The standard InChI is InChI=1S/C37H33N4.Pt/c1-25(2)26-19-20-38-36(21-26)41-32-14-7-6-13-30(32)31-18-17-28(23-35(31)41)37(3,4)27-11-10-12-29(22-27)40-24-39(5)33-15-8-9-16-34(33)40;/h6-21,24-25H,1-5H3;/q-1;. The van der Waals surface area contributed by atoms with Crippen molar-refractivity contribution >= 4 is 32.8 Å². The van der Waals surface area contributed by atoms with Gasteiger partial charge in [-0.1, -0.05) is 51.4 Å². The summed E-state index contributed by atoms with van der Waals surface area (Å²) < 4.78 is 6.64. The number of rotatable bonds is 5. The molecule has 0 fully saturated rings. The van der Waals surface area contributed by atoms with Crippen LogP contribution in [0.2, 0.25) is 0 Å². The summed E-state index contributed by atoms with van der Waals surface area (Å²) in [6.45, 7) is 8.97. The van der Waals surface area contributed by atoms with Crippen LogP contribution in [0.25, 0.3) is 44.3 Å². The predicted molar refractivity (Wildman–Crippen MR) is 169 cm³/mol. The van der Waals surface area contributed by atoms with Gasteiger partial charge in [-0.2, -0.15) is 35.9 Å². The maximum absolute atomic E-state index is 4.82. The number of nitrogens with zero attached hydrogens (tertiary/aromatic N) is 4. The zero-order valence-electron chi connectivity index (χ0n) is 24.5. The van der Waals surface area contributed by atoms with Gasteiger partial charge in [-0.25, -0.2) is 14.1 Å². The fraction of sp³-hybridized carbons (Fsp3) is 0.189. The van der Waals surface area contributed by atoms with Crippen LogP contribution < -0.4 is 0 Å². The molecule has 212 valence electrons. The molecule has 0 saturated heterocycles. The number of para-hydroxylation sites is 3. The molecule has 0 aliphatic heterocycles. The molecule has 7 rings (SSSR count). The third-order valence-electron chi connectivity index (χ3n) is 8.44. The molecule has 4 aromatic carbocycles. The van der Waals surface area contributed by atoms with Crippen LogP contribution in [0, 0.1) is 12.1 Å². The first-order chi connectivity index (χ1) is 19.8. The van der Waals surface area contributed by atoms with E-state index in [0.717, 1.165) is 39.2 Å². The summed E-state index contributed by atoms with van der Waals surface area (Å²) in [4.78, 5) is 4.82. The number of hydrogen-bond donors (Lipinski definition) is 0. The second-order valence-electron chi connectivity index (χ2n) is 11.7. The fourth-order valence-electron chi connectivity index (χ4n) is 5.97. The molecule has 0 bridgehead atoms. The third kappa shape index (κ3) is 4.50. The van der Waals surface area contributed by atoms with Gasteiger partial charge in [0.2, 0.25) is 0 Å². The molecule has 3 aromatic heterocycles. The summed E-state index contributed by atoms with van der Waals surface area (Å²) in [5, 5.41) is 2.39. The van der Waals surface area contributed by atoms with Crippen LogP contribution in [-0.2, 0) is 33.5 Å². The largest absolute Gasteiger partial charge is 0.319 e. The molecule has 0 aliphatic rings. The number of fused-ring (bicyclic) bond motifs is 4. The quantitative estimate of drug-likeness (QED) is 0.163. The zero-order chi connectivity index (χ0) is 28.3. The van der Waals surface area contributed by atoms with Crippen molar-refractivity contribution in [2.75, 3.05) is 0 Å². The maximum Gasteiger partial charge on any atom is 0.188 e. The minimum atomic E-state index is -0.330. The number of hydrogen-bond acceptors (Lipinski definition) is 1. The van der Waals surface area contributed by atoms with E-state index in [0.29, 0.717) is 5.92 Å². The average Bonchev–Trinajstić information content (AvgIpc) is 3.52. The van der Waals surface area contributed by atoms with E-state index in [-0.39, 0.29) is 26.5 Å². The number of imidazole rings is 1. The van der Waals surface area contributed by atoms with E-state index in [1.807, 2.05) is 6.20 Å². The van der Waals surface area contributed by atoms with Crippen LogP contribution in [0.1, 0.15) is 50.3 Å². The van der Waals surface area contributed by atoms with Gasteiger partial charge in [0.1, 0.15) is 5.82 Å². The van der Waals surface area contributed by atoms with Crippen molar-refractivity contribution in [1.29, 1.82) is 0 Å². The molecule has 42 heavy (non-hydrogen) atoms. The molecule has 0 radical (unpaired) electrons. The third-order valence-corrected chi connectivity index (χ3v) is 8.44. The van der Waals surface area contributed by atoms with E-state index >= 15 is 0 Å². The van der Waals surface area contributed by atoms with Crippen molar-refractivity contribution in [2.24, 2.45) is 7.05 Å². The average molecular weight is 729 g/mol. The van der Waals surface area contributed by atoms with Crippen molar-refractivity contribution in [3.8, 4) is 11.5 Å². The Bertz CT molecular complexity index is 2080. The van der Waals surface area contributed by atoms with Crippen molar-refractivity contribution < 1.29 is 21.1 Å². The molecule has 0 aliphatic carbocycles. The predicted octanol–water partition coefficient (Wildman–Crippen LogP) is 8.79. The minimum Gasteiger partial charge on any atom is -0.319 e. The van der Waals surface area contributed by atoms with Gasteiger partial charge in [0.25, 0.3) is 0 Å². The number of aromatic nitrogens is 4. The Morgan fingerprint density at radius 2 is 1.48 bits per heavy atom.